The Morgan fingerprint density at radius 3 is 3.08 bits per heavy atom. The van der Waals surface area contributed by atoms with Crippen molar-refractivity contribution in [3.63, 3.8) is 0 Å². The number of nitrogens with one attached hydrogen (secondary N) is 1. The SMILES string of the molecule is NCC(=O)NCC(O)c1ccsc1. The lowest BCUT2D eigenvalue weighted by molar-refractivity contribution is -0.120. The quantitative estimate of drug-likeness (QED) is 0.633. The van der Waals surface area contributed by atoms with Crippen molar-refractivity contribution in [3.05, 3.63) is 22.4 Å². The van der Waals surface area contributed by atoms with Crippen LogP contribution < -0.4 is 11.1 Å². The zero-order valence-electron chi connectivity index (χ0n) is 7.06. The molecule has 1 heterocycles. The van der Waals surface area contributed by atoms with E-state index >= 15 is 0 Å². The summed E-state index contributed by atoms with van der Waals surface area (Å²) in [6.45, 7) is 0.170. The van der Waals surface area contributed by atoms with Gasteiger partial charge in [0.2, 0.25) is 5.91 Å². The molecule has 0 aromatic carbocycles. The molecule has 4 nitrogen and oxygen atoms in total. The van der Waals surface area contributed by atoms with Crippen molar-refractivity contribution < 1.29 is 9.90 Å². The van der Waals surface area contributed by atoms with Crippen LogP contribution >= 0.6 is 11.3 Å². The first-order chi connectivity index (χ1) is 6.24. The highest BCUT2D eigenvalue weighted by molar-refractivity contribution is 7.07. The largest absolute Gasteiger partial charge is 0.387 e. The maximum Gasteiger partial charge on any atom is 0.233 e. The fraction of sp³-hybridized carbons (Fsp3) is 0.375. The summed E-state index contributed by atoms with van der Waals surface area (Å²) in [4.78, 5) is 10.7. The van der Waals surface area contributed by atoms with E-state index in [4.69, 9.17) is 5.73 Å². The van der Waals surface area contributed by atoms with E-state index in [0.717, 1.165) is 5.56 Å². The van der Waals surface area contributed by atoms with Crippen molar-refractivity contribution in [2.45, 2.75) is 6.10 Å². The third-order valence-electron chi connectivity index (χ3n) is 1.61. The highest BCUT2D eigenvalue weighted by Gasteiger charge is 2.08. The number of aliphatic hydroxyl groups is 1. The number of carbonyl (C=O) groups excluding carboxylic acids is 1. The van der Waals surface area contributed by atoms with Crippen LogP contribution in [0.4, 0.5) is 0 Å². The molecule has 0 fully saturated rings. The second kappa shape index (κ2) is 4.96. The molecule has 5 heteroatoms. The van der Waals surface area contributed by atoms with Crippen molar-refractivity contribution in [1.82, 2.24) is 5.32 Å². The lowest BCUT2D eigenvalue weighted by Gasteiger charge is -2.09. The van der Waals surface area contributed by atoms with Gasteiger partial charge in [0.15, 0.2) is 0 Å². The van der Waals surface area contributed by atoms with Crippen molar-refractivity contribution in [2.24, 2.45) is 5.73 Å². The number of nitrogens with two attached hydrogens (primary N) is 1. The van der Waals surface area contributed by atoms with Crippen LogP contribution in [-0.2, 0) is 4.79 Å². The number of rotatable bonds is 4. The molecule has 0 aliphatic heterocycles. The van der Waals surface area contributed by atoms with Gasteiger partial charge in [0, 0.05) is 6.54 Å². The molecule has 1 aromatic rings. The number of aliphatic hydroxyl groups excluding tert-OH is 1. The van der Waals surface area contributed by atoms with E-state index in [1.807, 2.05) is 16.8 Å². The lowest BCUT2D eigenvalue weighted by Crippen LogP contribution is -2.33. The Balaban J connectivity index is 2.34. The number of carbonyl (C=O) groups is 1. The van der Waals surface area contributed by atoms with Crippen LogP contribution in [0.1, 0.15) is 11.7 Å². The Labute approximate surface area is 80.4 Å². The van der Waals surface area contributed by atoms with Crippen LogP contribution in [-0.4, -0.2) is 24.1 Å². The summed E-state index contributed by atoms with van der Waals surface area (Å²) in [5.74, 6) is -0.255. The molecule has 0 aliphatic rings. The molecule has 0 saturated carbocycles. The summed E-state index contributed by atoms with van der Waals surface area (Å²) < 4.78 is 0. The summed E-state index contributed by atoms with van der Waals surface area (Å²) in [5, 5.41) is 15.7. The predicted molar refractivity (Wildman–Crippen MR) is 51.3 cm³/mol. The molecule has 1 atom stereocenters. The third-order valence-corrected chi connectivity index (χ3v) is 2.31. The summed E-state index contributed by atoms with van der Waals surface area (Å²) in [7, 11) is 0. The standard InChI is InChI=1S/C8H12N2O2S/c9-3-8(12)10-4-7(11)6-1-2-13-5-6/h1-2,5,7,11H,3-4,9H2,(H,10,12). The average Bonchev–Trinajstić information content (AvgIpc) is 2.66. The molecule has 4 N–H and O–H groups in total. The molecule has 1 aromatic heterocycles. The van der Waals surface area contributed by atoms with Gasteiger partial charge in [0.25, 0.3) is 0 Å². The maximum atomic E-state index is 10.7. The molecule has 1 amide bonds. The molecule has 0 saturated heterocycles. The van der Waals surface area contributed by atoms with Gasteiger partial charge in [-0.2, -0.15) is 11.3 Å². The van der Waals surface area contributed by atoms with Gasteiger partial charge >= 0.3 is 0 Å². The van der Waals surface area contributed by atoms with Crippen molar-refractivity contribution in [1.29, 1.82) is 0 Å². The molecular formula is C8H12N2O2S. The van der Waals surface area contributed by atoms with Crippen LogP contribution in [0, 0.1) is 0 Å². The number of thiophene rings is 1. The van der Waals surface area contributed by atoms with Crippen LogP contribution in [0.2, 0.25) is 0 Å². The van der Waals surface area contributed by atoms with Crippen LogP contribution in [0.25, 0.3) is 0 Å². The van der Waals surface area contributed by atoms with Gasteiger partial charge in [-0.05, 0) is 22.4 Å². The van der Waals surface area contributed by atoms with Crippen LogP contribution in [0.5, 0.6) is 0 Å². The second-order valence-electron chi connectivity index (χ2n) is 2.58. The smallest absolute Gasteiger partial charge is 0.233 e. The van der Waals surface area contributed by atoms with Gasteiger partial charge in [0.05, 0.1) is 12.6 Å². The minimum Gasteiger partial charge on any atom is -0.387 e. The minimum absolute atomic E-state index is 0.0453. The van der Waals surface area contributed by atoms with Gasteiger partial charge in [-0.3, -0.25) is 4.79 Å². The number of amides is 1. The highest BCUT2D eigenvalue weighted by Crippen LogP contribution is 2.14. The fourth-order valence-corrected chi connectivity index (χ4v) is 1.57. The van der Waals surface area contributed by atoms with E-state index in [2.05, 4.69) is 5.32 Å². The van der Waals surface area contributed by atoms with Gasteiger partial charge in [0.1, 0.15) is 0 Å². The molecule has 1 unspecified atom stereocenters. The summed E-state index contributed by atoms with van der Waals surface area (Å²) >= 11 is 1.51. The van der Waals surface area contributed by atoms with Gasteiger partial charge in [-0.1, -0.05) is 0 Å². The molecule has 72 valence electrons. The topological polar surface area (TPSA) is 75.4 Å². The van der Waals surface area contributed by atoms with Crippen molar-refractivity contribution in [3.8, 4) is 0 Å². The number of hydrogen-bond acceptors (Lipinski definition) is 4. The third kappa shape index (κ3) is 3.14. The normalized spacial score (nSPS) is 12.5. The molecule has 0 aliphatic carbocycles. The Bertz CT molecular complexity index is 261. The van der Waals surface area contributed by atoms with Gasteiger partial charge in [-0.15, -0.1) is 0 Å². The Morgan fingerprint density at radius 2 is 2.54 bits per heavy atom. The fourth-order valence-electron chi connectivity index (χ4n) is 0.865. The monoisotopic (exact) mass is 200 g/mol. The molecule has 0 radical (unpaired) electrons. The second-order valence-corrected chi connectivity index (χ2v) is 3.36. The van der Waals surface area contributed by atoms with E-state index < -0.39 is 6.10 Å². The minimum atomic E-state index is -0.637. The van der Waals surface area contributed by atoms with E-state index in [0.29, 0.717) is 0 Å². The van der Waals surface area contributed by atoms with Crippen molar-refractivity contribution >= 4 is 17.2 Å². The summed E-state index contributed by atoms with van der Waals surface area (Å²) in [6, 6.07) is 1.82. The van der Waals surface area contributed by atoms with E-state index in [9.17, 15) is 9.90 Å². The maximum absolute atomic E-state index is 10.7. The average molecular weight is 200 g/mol. The molecular weight excluding hydrogens is 188 g/mol. The zero-order chi connectivity index (χ0) is 9.68. The van der Waals surface area contributed by atoms with Crippen LogP contribution in [0.15, 0.2) is 16.8 Å². The molecule has 13 heavy (non-hydrogen) atoms. The molecule has 1 rings (SSSR count). The van der Waals surface area contributed by atoms with E-state index in [1.54, 1.807) is 0 Å². The van der Waals surface area contributed by atoms with E-state index in [-0.39, 0.29) is 19.0 Å². The number of hydrogen-bond donors (Lipinski definition) is 3. The Kier molecular flexibility index (Phi) is 3.88. The first-order valence-corrected chi connectivity index (χ1v) is 4.85. The summed E-state index contributed by atoms with van der Waals surface area (Å²) in [5.41, 5.74) is 5.91. The van der Waals surface area contributed by atoms with E-state index in [1.165, 1.54) is 11.3 Å². The zero-order valence-corrected chi connectivity index (χ0v) is 7.88. The molecule has 0 bridgehead atoms. The Morgan fingerprint density at radius 1 is 1.77 bits per heavy atom. The van der Waals surface area contributed by atoms with Gasteiger partial charge in [-0.25, -0.2) is 0 Å². The predicted octanol–water partition coefficient (Wildman–Crippen LogP) is -0.144. The summed E-state index contributed by atoms with van der Waals surface area (Å²) in [6.07, 6.45) is -0.637. The first kappa shape index (κ1) is 10.2. The van der Waals surface area contributed by atoms with Gasteiger partial charge < -0.3 is 16.2 Å². The van der Waals surface area contributed by atoms with Crippen LogP contribution in [0.3, 0.4) is 0 Å². The lowest BCUT2D eigenvalue weighted by atomic mass is 10.2. The Hall–Kier alpha value is -0.910. The molecule has 0 spiro atoms. The highest BCUT2D eigenvalue weighted by atomic mass is 32.1. The van der Waals surface area contributed by atoms with Crippen molar-refractivity contribution in [2.75, 3.05) is 13.1 Å². The first-order valence-electron chi connectivity index (χ1n) is 3.91.